The van der Waals surface area contributed by atoms with E-state index in [1.807, 2.05) is 39.1 Å². The van der Waals surface area contributed by atoms with Crippen LogP contribution in [0.4, 0.5) is 0 Å². The second-order valence-electron chi connectivity index (χ2n) is 4.33. The van der Waals surface area contributed by atoms with E-state index in [0.29, 0.717) is 0 Å². The lowest BCUT2D eigenvalue weighted by molar-refractivity contribution is 0.405. The Labute approximate surface area is 108 Å². The summed E-state index contributed by atoms with van der Waals surface area (Å²) in [6, 6.07) is 10.2. The van der Waals surface area contributed by atoms with Crippen molar-refractivity contribution in [3.63, 3.8) is 0 Å². The Morgan fingerprint density at radius 3 is 2.44 bits per heavy atom. The van der Waals surface area contributed by atoms with Gasteiger partial charge in [0.25, 0.3) is 0 Å². The number of para-hydroxylation sites is 1. The Balaban J connectivity index is 2.48. The van der Waals surface area contributed by atoms with Crippen LogP contribution in [0, 0.1) is 13.8 Å². The third-order valence-corrected chi connectivity index (χ3v) is 3.13. The molecule has 3 heteroatoms. The van der Waals surface area contributed by atoms with E-state index in [2.05, 4.69) is 17.4 Å². The largest absolute Gasteiger partial charge is 0.496 e. The summed E-state index contributed by atoms with van der Waals surface area (Å²) in [5.74, 6) is 2.76. The summed E-state index contributed by atoms with van der Waals surface area (Å²) in [4.78, 5) is 0. The van der Waals surface area contributed by atoms with Crippen LogP contribution in [0.5, 0.6) is 5.75 Å². The zero-order chi connectivity index (χ0) is 13.1. The standard InChI is InChI=1S/C15H19NO2/c1-10-9-13(11(2)18-10)15(16-3)12-7-5-6-8-14(12)17-4/h5-9,15-16H,1-4H3. The molecule has 0 fully saturated rings. The lowest BCUT2D eigenvalue weighted by Gasteiger charge is -2.18. The van der Waals surface area contributed by atoms with Gasteiger partial charge in [0.05, 0.1) is 13.2 Å². The maximum absolute atomic E-state index is 5.61. The quantitative estimate of drug-likeness (QED) is 0.898. The molecular formula is C15H19NO2. The Morgan fingerprint density at radius 2 is 1.89 bits per heavy atom. The van der Waals surface area contributed by atoms with Crippen molar-refractivity contribution in [2.75, 3.05) is 14.2 Å². The molecule has 2 rings (SSSR count). The molecule has 0 spiro atoms. The van der Waals surface area contributed by atoms with Crippen molar-refractivity contribution >= 4 is 0 Å². The highest BCUT2D eigenvalue weighted by atomic mass is 16.5. The van der Waals surface area contributed by atoms with E-state index in [1.165, 1.54) is 0 Å². The highest BCUT2D eigenvalue weighted by Crippen LogP contribution is 2.32. The molecule has 0 saturated heterocycles. The molecule has 0 aliphatic rings. The van der Waals surface area contributed by atoms with E-state index < -0.39 is 0 Å². The summed E-state index contributed by atoms with van der Waals surface area (Å²) >= 11 is 0. The third-order valence-electron chi connectivity index (χ3n) is 3.13. The van der Waals surface area contributed by atoms with Crippen LogP contribution < -0.4 is 10.1 Å². The van der Waals surface area contributed by atoms with Crippen molar-refractivity contribution < 1.29 is 9.15 Å². The lowest BCUT2D eigenvalue weighted by atomic mass is 9.98. The fraction of sp³-hybridized carbons (Fsp3) is 0.333. The number of rotatable bonds is 4. The summed E-state index contributed by atoms with van der Waals surface area (Å²) in [5, 5.41) is 3.32. The third kappa shape index (κ3) is 2.27. The SMILES string of the molecule is CNC(c1ccccc1OC)c1cc(C)oc1C. The molecule has 2 aromatic rings. The minimum atomic E-state index is 0.0820. The summed E-state index contributed by atoms with van der Waals surface area (Å²) < 4.78 is 11.0. The van der Waals surface area contributed by atoms with E-state index in [0.717, 1.165) is 28.4 Å². The van der Waals surface area contributed by atoms with Gasteiger partial charge in [-0.25, -0.2) is 0 Å². The van der Waals surface area contributed by atoms with Crippen LogP contribution in [-0.4, -0.2) is 14.2 Å². The number of benzene rings is 1. The van der Waals surface area contributed by atoms with Gasteiger partial charge in [0, 0.05) is 11.1 Å². The molecule has 0 saturated carbocycles. The van der Waals surface area contributed by atoms with Gasteiger partial charge in [-0.2, -0.15) is 0 Å². The molecule has 0 bridgehead atoms. The molecule has 0 amide bonds. The Bertz CT molecular complexity index is 531. The normalized spacial score (nSPS) is 12.4. The van der Waals surface area contributed by atoms with Crippen LogP contribution in [0.1, 0.15) is 28.7 Å². The minimum Gasteiger partial charge on any atom is -0.496 e. The van der Waals surface area contributed by atoms with Gasteiger partial charge >= 0.3 is 0 Å². The van der Waals surface area contributed by atoms with Gasteiger partial charge < -0.3 is 14.5 Å². The zero-order valence-electron chi connectivity index (χ0n) is 11.3. The fourth-order valence-corrected chi connectivity index (χ4v) is 2.32. The van der Waals surface area contributed by atoms with Gasteiger partial charge in [0.15, 0.2) is 0 Å². The van der Waals surface area contributed by atoms with Crippen LogP contribution in [0.15, 0.2) is 34.7 Å². The van der Waals surface area contributed by atoms with Gasteiger partial charge in [-0.05, 0) is 33.0 Å². The van der Waals surface area contributed by atoms with Crippen molar-refractivity contribution in [1.82, 2.24) is 5.32 Å². The number of hydrogen-bond acceptors (Lipinski definition) is 3. The molecule has 18 heavy (non-hydrogen) atoms. The summed E-state index contributed by atoms with van der Waals surface area (Å²) in [5.41, 5.74) is 2.27. The average molecular weight is 245 g/mol. The lowest BCUT2D eigenvalue weighted by Crippen LogP contribution is -2.18. The predicted molar refractivity (Wildman–Crippen MR) is 72.1 cm³/mol. The average Bonchev–Trinajstić information content (AvgIpc) is 2.70. The Morgan fingerprint density at radius 1 is 1.17 bits per heavy atom. The number of aryl methyl sites for hydroxylation is 2. The first-order valence-electron chi connectivity index (χ1n) is 6.04. The highest BCUT2D eigenvalue weighted by molar-refractivity contribution is 5.42. The molecule has 1 heterocycles. The maximum Gasteiger partial charge on any atom is 0.123 e. The van der Waals surface area contributed by atoms with Gasteiger partial charge in [-0.1, -0.05) is 18.2 Å². The first kappa shape index (κ1) is 12.7. The van der Waals surface area contributed by atoms with Crippen molar-refractivity contribution in [3.05, 3.63) is 53.0 Å². The van der Waals surface area contributed by atoms with Crippen LogP contribution in [0.3, 0.4) is 0 Å². The molecule has 1 N–H and O–H groups in total. The maximum atomic E-state index is 5.61. The highest BCUT2D eigenvalue weighted by Gasteiger charge is 2.20. The summed E-state index contributed by atoms with van der Waals surface area (Å²) in [7, 11) is 3.64. The molecule has 3 nitrogen and oxygen atoms in total. The number of furan rings is 1. The second-order valence-corrected chi connectivity index (χ2v) is 4.33. The molecule has 1 unspecified atom stereocenters. The molecule has 0 aliphatic heterocycles. The van der Waals surface area contributed by atoms with Gasteiger partial charge in [0.2, 0.25) is 0 Å². The van der Waals surface area contributed by atoms with Crippen LogP contribution >= 0.6 is 0 Å². The zero-order valence-corrected chi connectivity index (χ0v) is 11.3. The molecule has 1 aromatic carbocycles. The molecular weight excluding hydrogens is 226 g/mol. The van der Waals surface area contributed by atoms with Gasteiger partial charge in [-0.15, -0.1) is 0 Å². The van der Waals surface area contributed by atoms with Crippen molar-refractivity contribution in [1.29, 1.82) is 0 Å². The Kier molecular flexibility index (Phi) is 3.72. The monoisotopic (exact) mass is 245 g/mol. The first-order valence-corrected chi connectivity index (χ1v) is 6.04. The summed E-state index contributed by atoms with van der Waals surface area (Å²) in [6.45, 7) is 3.95. The van der Waals surface area contributed by atoms with Gasteiger partial charge in [0.1, 0.15) is 17.3 Å². The topological polar surface area (TPSA) is 34.4 Å². The fourth-order valence-electron chi connectivity index (χ4n) is 2.32. The smallest absolute Gasteiger partial charge is 0.123 e. The number of methoxy groups -OCH3 is 1. The van der Waals surface area contributed by atoms with E-state index in [4.69, 9.17) is 9.15 Å². The van der Waals surface area contributed by atoms with Crippen LogP contribution in [0.2, 0.25) is 0 Å². The molecule has 1 aromatic heterocycles. The van der Waals surface area contributed by atoms with Crippen molar-refractivity contribution in [2.24, 2.45) is 0 Å². The van der Waals surface area contributed by atoms with E-state index in [9.17, 15) is 0 Å². The molecule has 0 aliphatic carbocycles. The van der Waals surface area contributed by atoms with Gasteiger partial charge in [-0.3, -0.25) is 0 Å². The van der Waals surface area contributed by atoms with Crippen molar-refractivity contribution in [3.8, 4) is 5.75 Å². The molecule has 96 valence electrons. The number of nitrogens with one attached hydrogen (secondary N) is 1. The Hall–Kier alpha value is -1.74. The number of ether oxygens (including phenoxy) is 1. The molecule has 1 atom stereocenters. The number of hydrogen-bond donors (Lipinski definition) is 1. The minimum absolute atomic E-state index is 0.0820. The predicted octanol–water partition coefficient (Wildman–Crippen LogP) is 3.21. The molecule has 0 radical (unpaired) electrons. The van der Waals surface area contributed by atoms with E-state index in [-0.39, 0.29) is 6.04 Å². The van der Waals surface area contributed by atoms with Crippen molar-refractivity contribution in [2.45, 2.75) is 19.9 Å². The van der Waals surface area contributed by atoms with Crippen LogP contribution in [0.25, 0.3) is 0 Å². The van der Waals surface area contributed by atoms with E-state index >= 15 is 0 Å². The second kappa shape index (κ2) is 5.27. The first-order chi connectivity index (χ1) is 8.67. The van der Waals surface area contributed by atoms with Crippen LogP contribution in [-0.2, 0) is 0 Å². The van der Waals surface area contributed by atoms with E-state index in [1.54, 1.807) is 7.11 Å². The summed E-state index contributed by atoms with van der Waals surface area (Å²) in [6.07, 6.45) is 0.